The molecule has 28 heavy (non-hydrogen) atoms. The number of likely N-dealkylation sites (N-methyl/N-ethyl adjacent to an activating group) is 1. The van der Waals surface area contributed by atoms with E-state index in [1.54, 1.807) is 30.3 Å². The highest BCUT2D eigenvalue weighted by atomic mass is 19.1. The first-order valence-corrected chi connectivity index (χ1v) is 9.38. The van der Waals surface area contributed by atoms with E-state index in [-0.39, 0.29) is 11.3 Å². The third-order valence-corrected chi connectivity index (χ3v) is 4.83. The van der Waals surface area contributed by atoms with Crippen LogP contribution in [0, 0.1) is 5.82 Å². The predicted octanol–water partition coefficient (Wildman–Crippen LogP) is 2.06. The summed E-state index contributed by atoms with van der Waals surface area (Å²) in [5.41, 5.74) is 0.448. The summed E-state index contributed by atoms with van der Waals surface area (Å²) in [7, 11) is 2.09. The van der Waals surface area contributed by atoms with Crippen LogP contribution in [0.5, 0.6) is 0 Å². The molecule has 2 N–H and O–H groups in total. The Morgan fingerprint density at radius 2 is 1.68 bits per heavy atom. The third kappa shape index (κ3) is 5.15. The lowest BCUT2D eigenvalue weighted by Gasteiger charge is -2.32. The summed E-state index contributed by atoms with van der Waals surface area (Å²) in [6.07, 6.45) is 0. The van der Waals surface area contributed by atoms with Crippen LogP contribution in [0.1, 0.15) is 20.7 Å². The minimum absolute atomic E-state index is 0.148. The van der Waals surface area contributed by atoms with Gasteiger partial charge in [-0.15, -0.1) is 0 Å². The van der Waals surface area contributed by atoms with Crippen molar-refractivity contribution in [3.63, 3.8) is 0 Å². The Hall–Kier alpha value is -2.77. The average molecular weight is 384 g/mol. The quantitative estimate of drug-likeness (QED) is 0.800. The van der Waals surface area contributed by atoms with Crippen LogP contribution in [-0.2, 0) is 0 Å². The Morgan fingerprint density at radius 1 is 0.964 bits per heavy atom. The van der Waals surface area contributed by atoms with Gasteiger partial charge in [-0.25, -0.2) is 4.39 Å². The van der Waals surface area contributed by atoms with Crippen LogP contribution >= 0.6 is 0 Å². The molecular formula is C21H25FN4O2. The zero-order valence-electron chi connectivity index (χ0n) is 16.0. The van der Waals surface area contributed by atoms with E-state index in [9.17, 15) is 14.0 Å². The van der Waals surface area contributed by atoms with E-state index in [1.165, 1.54) is 18.2 Å². The molecule has 0 radical (unpaired) electrons. The first-order valence-electron chi connectivity index (χ1n) is 9.38. The number of benzene rings is 2. The van der Waals surface area contributed by atoms with Gasteiger partial charge < -0.3 is 15.5 Å². The lowest BCUT2D eigenvalue weighted by Crippen LogP contribution is -2.47. The Balaban J connectivity index is 1.62. The Morgan fingerprint density at radius 3 is 2.39 bits per heavy atom. The van der Waals surface area contributed by atoms with Crippen molar-refractivity contribution >= 4 is 17.5 Å². The number of carbonyl (C=O) groups is 2. The molecule has 148 valence electrons. The zero-order valence-corrected chi connectivity index (χ0v) is 16.0. The summed E-state index contributed by atoms with van der Waals surface area (Å²) in [6, 6.07) is 12.8. The second-order valence-corrected chi connectivity index (χ2v) is 6.88. The number of rotatable bonds is 6. The van der Waals surface area contributed by atoms with Crippen molar-refractivity contribution in [2.75, 3.05) is 51.6 Å². The molecule has 0 unspecified atom stereocenters. The topological polar surface area (TPSA) is 64.7 Å². The highest BCUT2D eigenvalue weighted by molar-refractivity contribution is 6.09. The fraction of sp³-hybridized carbons (Fsp3) is 0.333. The summed E-state index contributed by atoms with van der Waals surface area (Å²) < 4.78 is 14.4. The molecule has 0 spiro atoms. The highest BCUT2D eigenvalue weighted by Crippen LogP contribution is 2.20. The van der Waals surface area contributed by atoms with Gasteiger partial charge in [0.05, 0.1) is 11.3 Å². The second-order valence-electron chi connectivity index (χ2n) is 6.88. The Bertz CT molecular complexity index is 820. The molecule has 0 aromatic heterocycles. The highest BCUT2D eigenvalue weighted by Gasteiger charge is 2.19. The van der Waals surface area contributed by atoms with Crippen LogP contribution < -0.4 is 10.6 Å². The summed E-state index contributed by atoms with van der Waals surface area (Å²) in [5, 5.41) is 5.40. The van der Waals surface area contributed by atoms with Crippen molar-refractivity contribution in [1.82, 2.24) is 15.1 Å². The molecule has 1 fully saturated rings. The number of anilines is 1. The second kappa shape index (κ2) is 9.43. The van der Waals surface area contributed by atoms with Crippen molar-refractivity contribution < 1.29 is 14.0 Å². The Labute approximate surface area is 164 Å². The minimum Gasteiger partial charge on any atom is -0.351 e. The molecule has 2 aromatic rings. The maximum Gasteiger partial charge on any atom is 0.256 e. The molecule has 0 aliphatic carbocycles. The van der Waals surface area contributed by atoms with E-state index >= 15 is 0 Å². The maximum atomic E-state index is 14.4. The standard InChI is InChI=1S/C21H25FN4O2/c1-25-12-14-26(15-13-25)11-10-23-21(28)19-17(22)8-5-9-18(19)24-20(27)16-6-3-2-4-7-16/h2-9H,10-15H2,1H3,(H,23,28)(H,24,27). The van der Waals surface area contributed by atoms with E-state index in [1.807, 2.05) is 0 Å². The van der Waals surface area contributed by atoms with Gasteiger partial charge in [0.25, 0.3) is 11.8 Å². The van der Waals surface area contributed by atoms with Crippen molar-refractivity contribution in [2.24, 2.45) is 0 Å². The first kappa shape index (κ1) is 20.0. The number of hydrogen-bond acceptors (Lipinski definition) is 4. The molecule has 1 saturated heterocycles. The van der Waals surface area contributed by atoms with Gasteiger partial charge in [-0.1, -0.05) is 24.3 Å². The number of amides is 2. The van der Waals surface area contributed by atoms with Gasteiger partial charge in [0, 0.05) is 44.8 Å². The lowest BCUT2D eigenvalue weighted by molar-refractivity contribution is 0.0938. The number of carbonyl (C=O) groups excluding carboxylic acids is 2. The fourth-order valence-corrected chi connectivity index (χ4v) is 3.13. The molecule has 1 aliphatic rings. The molecule has 1 heterocycles. The summed E-state index contributed by atoms with van der Waals surface area (Å²) in [5.74, 6) is -1.59. The molecule has 7 heteroatoms. The average Bonchev–Trinajstić information content (AvgIpc) is 2.70. The SMILES string of the molecule is CN1CCN(CCNC(=O)c2c(F)cccc2NC(=O)c2ccccc2)CC1. The summed E-state index contributed by atoms with van der Waals surface area (Å²) in [6.45, 7) is 5.02. The summed E-state index contributed by atoms with van der Waals surface area (Å²) in [4.78, 5) is 29.5. The van der Waals surface area contributed by atoms with E-state index in [4.69, 9.17) is 0 Å². The molecule has 0 bridgehead atoms. The predicted molar refractivity (Wildman–Crippen MR) is 107 cm³/mol. The molecule has 2 amide bonds. The van der Waals surface area contributed by atoms with Crippen LogP contribution in [-0.4, -0.2) is 67.9 Å². The molecule has 0 saturated carbocycles. The third-order valence-electron chi connectivity index (χ3n) is 4.83. The number of piperazine rings is 1. The van der Waals surface area contributed by atoms with Gasteiger partial charge in [0.15, 0.2) is 0 Å². The van der Waals surface area contributed by atoms with Gasteiger partial charge in [-0.3, -0.25) is 14.5 Å². The number of nitrogens with zero attached hydrogens (tertiary/aromatic N) is 2. The van der Waals surface area contributed by atoms with Gasteiger partial charge in [0.2, 0.25) is 0 Å². The van der Waals surface area contributed by atoms with Crippen LogP contribution in [0.4, 0.5) is 10.1 Å². The largest absolute Gasteiger partial charge is 0.351 e. The van der Waals surface area contributed by atoms with E-state index in [0.29, 0.717) is 18.7 Å². The molecular weight excluding hydrogens is 359 g/mol. The summed E-state index contributed by atoms with van der Waals surface area (Å²) >= 11 is 0. The normalized spacial score (nSPS) is 15.2. The molecule has 3 rings (SSSR count). The van der Waals surface area contributed by atoms with Gasteiger partial charge in [-0.2, -0.15) is 0 Å². The van der Waals surface area contributed by atoms with Gasteiger partial charge >= 0.3 is 0 Å². The van der Waals surface area contributed by atoms with Crippen LogP contribution in [0.15, 0.2) is 48.5 Å². The molecule has 1 aliphatic heterocycles. The monoisotopic (exact) mass is 384 g/mol. The molecule has 0 atom stereocenters. The van der Waals surface area contributed by atoms with Crippen LogP contribution in [0.2, 0.25) is 0 Å². The number of hydrogen-bond donors (Lipinski definition) is 2. The van der Waals surface area contributed by atoms with Crippen LogP contribution in [0.3, 0.4) is 0 Å². The minimum atomic E-state index is -0.664. The number of halogens is 1. The van der Waals surface area contributed by atoms with Gasteiger partial charge in [0.1, 0.15) is 5.82 Å². The zero-order chi connectivity index (χ0) is 19.9. The molecule has 2 aromatic carbocycles. The van der Waals surface area contributed by atoms with Crippen molar-refractivity contribution in [3.05, 3.63) is 65.5 Å². The van der Waals surface area contributed by atoms with Crippen molar-refractivity contribution in [2.45, 2.75) is 0 Å². The first-order chi connectivity index (χ1) is 13.5. The fourth-order valence-electron chi connectivity index (χ4n) is 3.13. The maximum absolute atomic E-state index is 14.4. The lowest BCUT2D eigenvalue weighted by atomic mass is 10.1. The van der Waals surface area contributed by atoms with Gasteiger partial charge in [-0.05, 0) is 31.3 Å². The number of nitrogens with one attached hydrogen (secondary N) is 2. The molecule has 6 nitrogen and oxygen atoms in total. The smallest absolute Gasteiger partial charge is 0.256 e. The van der Waals surface area contributed by atoms with Crippen LogP contribution in [0.25, 0.3) is 0 Å². The van der Waals surface area contributed by atoms with E-state index < -0.39 is 17.6 Å². The van der Waals surface area contributed by atoms with E-state index in [0.717, 1.165) is 26.2 Å². The van der Waals surface area contributed by atoms with Crippen molar-refractivity contribution in [1.29, 1.82) is 0 Å². The Kier molecular flexibility index (Phi) is 6.73. The van der Waals surface area contributed by atoms with Crippen molar-refractivity contribution in [3.8, 4) is 0 Å². The van der Waals surface area contributed by atoms with E-state index in [2.05, 4.69) is 27.5 Å².